The highest BCUT2D eigenvalue weighted by molar-refractivity contribution is 5.32. The molecule has 4 heteroatoms. The number of aryl methyl sites for hydroxylation is 1. The van der Waals surface area contributed by atoms with E-state index >= 15 is 0 Å². The maximum Gasteiger partial charge on any atom is 0.0846 e. The van der Waals surface area contributed by atoms with Crippen LogP contribution in [0.2, 0.25) is 0 Å². The fourth-order valence-corrected chi connectivity index (χ4v) is 3.01. The molecule has 0 saturated carbocycles. The smallest absolute Gasteiger partial charge is 0.0846 e. The van der Waals surface area contributed by atoms with Crippen LogP contribution in [0.4, 0.5) is 0 Å². The Labute approximate surface area is 125 Å². The third-order valence-electron chi connectivity index (χ3n) is 4.20. The highest BCUT2D eigenvalue weighted by Gasteiger charge is 2.25. The van der Waals surface area contributed by atoms with E-state index in [1.165, 1.54) is 16.7 Å². The first kappa shape index (κ1) is 14.2. The largest absolute Gasteiger partial charge is 0.373 e. The molecule has 0 saturated heterocycles. The maximum atomic E-state index is 5.98. The predicted molar refractivity (Wildman–Crippen MR) is 82.5 cm³/mol. The monoisotopic (exact) mass is 283 g/mol. The zero-order chi connectivity index (χ0) is 14.7. The van der Waals surface area contributed by atoms with Crippen molar-refractivity contribution >= 4 is 0 Å². The summed E-state index contributed by atoms with van der Waals surface area (Å²) in [4.78, 5) is 4.22. The fraction of sp³-hybridized carbons (Fsp3) is 0.353. The van der Waals surface area contributed by atoms with Crippen LogP contribution in [0, 0.1) is 6.92 Å². The van der Waals surface area contributed by atoms with Crippen molar-refractivity contribution in [1.82, 2.24) is 10.4 Å². The standard InChI is InChI=1S/C17H21N3O/c1-12-6-8-19-11-15(12)16(20-18)10-17-14-5-3-2-4-13(14)7-9-21-17/h2-6,8,11,16-17,20H,7,9-10,18H2,1H3. The Morgan fingerprint density at radius 2 is 2.24 bits per heavy atom. The Morgan fingerprint density at radius 3 is 3.05 bits per heavy atom. The molecule has 1 aliphatic rings. The van der Waals surface area contributed by atoms with Crippen molar-refractivity contribution in [3.63, 3.8) is 0 Å². The fourth-order valence-electron chi connectivity index (χ4n) is 3.01. The van der Waals surface area contributed by atoms with Gasteiger partial charge in [0.1, 0.15) is 0 Å². The lowest BCUT2D eigenvalue weighted by Gasteiger charge is -2.29. The molecule has 2 aromatic rings. The van der Waals surface area contributed by atoms with Gasteiger partial charge in [0.2, 0.25) is 0 Å². The first-order chi connectivity index (χ1) is 10.3. The molecule has 110 valence electrons. The maximum absolute atomic E-state index is 5.98. The molecular weight excluding hydrogens is 262 g/mol. The molecule has 1 aromatic carbocycles. The highest BCUT2D eigenvalue weighted by Crippen LogP contribution is 2.34. The van der Waals surface area contributed by atoms with Gasteiger partial charge in [-0.15, -0.1) is 0 Å². The molecule has 0 fully saturated rings. The number of ether oxygens (including phenoxy) is 1. The van der Waals surface area contributed by atoms with E-state index in [-0.39, 0.29) is 12.1 Å². The molecule has 4 nitrogen and oxygen atoms in total. The van der Waals surface area contributed by atoms with Crippen molar-refractivity contribution in [2.45, 2.75) is 31.9 Å². The van der Waals surface area contributed by atoms with Gasteiger partial charge in [0.05, 0.1) is 18.8 Å². The highest BCUT2D eigenvalue weighted by atomic mass is 16.5. The second-order valence-corrected chi connectivity index (χ2v) is 5.50. The van der Waals surface area contributed by atoms with Crippen molar-refractivity contribution in [2.24, 2.45) is 5.84 Å². The van der Waals surface area contributed by atoms with Crippen LogP contribution in [-0.4, -0.2) is 11.6 Å². The number of rotatable bonds is 4. The molecule has 0 bridgehead atoms. The predicted octanol–water partition coefficient (Wildman–Crippen LogP) is 2.60. The van der Waals surface area contributed by atoms with Crippen molar-refractivity contribution in [3.05, 3.63) is 65.0 Å². The molecule has 3 N–H and O–H groups in total. The van der Waals surface area contributed by atoms with Crippen LogP contribution in [0.1, 0.15) is 40.8 Å². The van der Waals surface area contributed by atoms with Crippen molar-refractivity contribution in [3.8, 4) is 0 Å². The van der Waals surface area contributed by atoms with E-state index < -0.39 is 0 Å². The molecule has 2 unspecified atom stereocenters. The molecule has 0 aliphatic carbocycles. The Balaban J connectivity index is 1.84. The van der Waals surface area contributed by atoms with Crippen molar-refractivity contribution in [1.29, 1.82) is 0 Å². The van der Waals surface area contributed by atoms with E-state index in [0.717, 1.165) is 25.0 Å². The second kappa shape index (κ2) is 6.35. The number of hydrogen-bond donors (Lipinski definition) is 2. The minimum absolute atomic E-state index is 0.0369. The van der Waals surface area contributed by atoms with Crippen LogP contribution in [0.3, 0.4) is 0 Å². The minimum atomic E-state index is 0.0369. The van der Waals surface area contributed by atoms with Gasteiger partial charge in [0.15, 0.2) is 0 Å². The number of aromatic nitrogens is 1. The van der Waals surface area contributed by atoms with Gasteiger partial charge in [-0.1, -0.05) is 24.3 Å². The minimum Gasteiger partial charge on any atom is -0.373 e. The molecule has 0 radical (unpaired) electrons. The number of nitrogens with two attached hydrogens (primary N) is 1. The Hall–Kier alpha value is -1.75. The lowest BCUT2D eigenvalue weighted by molar-refractivity contribution is 0.0292. The molecule has 0 amide bonds. The van der Waals surface area contributed by atoms with Crippen molar-refractivity contribution < 1.29 is 4.74 Å². The van der Waals surface area contributed by atoms with Gasteiger partial charge in [-0.3, -0.25) is 16.3 Å². The average Bonchev–Trinajstić information content (AvgIpc) is 2.53. The van der Waals surface area contributed by atoms with E-state index in [1.807, 2.05) is 12.3 Å². The first-order valence-electron chi connectivity index (χ1n) is 7.35. The molecule has 21 heavy (non-hydrogen) atoms. The lowest BCUT2D eigenvalue weighted by atomic mass is 9.91. The van der Waals surface area contributed by atoms with Crippen LogP contribution in [0.15, 0.2) is 42.7 Å². The number of benzene rings is 1. The van der Waals surface area contributed by atoms with E-state index in [4.69, 9.17) is 10.6 Å². The van der Waals surface area contributed by atoms with Crippen LogP contribution in [0.25, 0.3) is 0 Å². The summed E-state index contributed by atoms with van der Waals surface area (Å²) in [5.74, 6) is 5.78. The molecule has 0 spiro atoms. The van der Waals surface area contributed by atoms with Crippen LogP contribution >= 0.6 is 0 Å². The van der Waals surface area contributed by atoms with Gasteiger partial charge in [-0.2, -0.15) is 0 Å². The van der Waals surface area contributed by atoms with Gasteiger partial charge in [-0.25, -0.2) is 0 Å². The summed E-state index contributed by atoms with van der Waals surface area (Å²) in [7, 11) is 0. The first-order valence-corrected chi connectivity index (χ1v) is 7.35. The number of nitrogens with zero attached hydrogens (tertiary/aromatic N) is 1. The lowest BCUT2D eigenvalue weighted by Crippen LogP contribution is -2.31. The molecule has 2 atom stereocenters. The molecule has 1 aliphatic heterocycles. The zero-order valence-electron chi connectivity index (χ0n) is 12.3. The van der Waals surface area contributed by atoms with Crippen LogP contribution in [0.5, 0.6) is 0 Å². The quantitative estimate of drug-likeness (QED) is 0.669. The van der Waals surface area contributed by atoms with Crippen molar-refractivity contribution in [2.75, 3.05) is 6.61 Å². The molecule has 3 rings (SSSR count). The van der Waals surface area contributed by atoms with Crippen LogP contribution in [-0.2, 0) is 11.2 Å². The Kier molecular flexibility index (Phi) is 4.29. The van der Waals surface area contributed by atoms with E-state index in [9.17, 15) is 0 Å². The number of nitrogens with one attached hydrogen (secondary N) is 1. The number of hydrogen-bond acceptors (Lipinski definition) is 4. The summed E-state index contributed by atoms with van der Waals surface area (Å²) < 4.78 is 5.98. The Bertz CT molecular complexity index is 614. The van der Waals surface area contributed by atoms with Gasteiger partial charge in [0, 0.05) is 12.4 Å². The SMILES string of the molecule is Cc1ccncc1C(CC1OCCc2ccccc21)NN. The summed E-state index contributed by atoms with van der Waals surface area (Å²) >= 11 is 0. The number of hydrazine groups is 1. The summed E-state index contributed by atoms with van der Waals surface area (Å²) in [6.07, 6.45) is 5.56. The average molecular weight is 283 g/mol. The van der Waals surface area contributed by atoms with E-state index in [1.54, 1.807) is 6.20 Å². The topological polar surface area (TPSA) is 60.2 Å². The second-order valence-electron chi connectivity index (χ2n) is 5.50. The van der Waals surface area contributed by atoms with E-state index in [2.05, 4.69) is 41.6 Å². The van der Waals surface area contributed by atoms with Crippen LogP contribution < -0.4 is 11.3 Å². The summed E-state index contributed by atoms with van der Waals surface area (Å²) in [5, 5.41) is 0. The summed E-state index contributed by atoms with van der Waals surface area (Å²) in [6.45, 7) is 2.85. The van der Waals surface area contributed by atoms with Gasteiger partial charge in [-0.05, 0) is 48.1 Å². The van der Waals surface area contributed by atoms with Gasteiger partial charge in [0.25, 0.3) is 0 Å². The Morgan fingerprint density at radius 1 is 1.38 bits per heavy atom. The van der Waals surface area contributed by atoms with Gasteiger partial charge < -0.3 is 4.74 Å². The third-order valence-corrected chi connectivity index (χ3v) is 4.20. The third kappa shape index (κ3) is 2.97. The van der Waals surface area contributed by atoms with E-state index in [0.29, 0.717) is 0 Å². The number of fused-ring (bicyclic) bond motifs is 1. The molecule has 1 aromatic heterocycles. The zero-order valence-corrected chi connectivity index (χ0v) is 12.3. The normalized spacial score (nSPS) is 19.0. The number of pyridine rings is 1. The van der Waals surface area contributed by atoms with Gasteiger partial charge >= 0.3 is 0 Å². The summed E-state index contributed by atoms with van der Waals surface area (Å²) in [6, 6.07) is 10.5. The molecule has 2 heterocycles. The molecular formula is C17H21N3O. The summed E-state index contributed by atoms with van der Waals surface area (Å²) in [5.41, 5.74) is 7.90.